The molecule has 10 unspecified atom stereocenters. The van der Waals surface area contributed by atoms with E-state index in [-0.39, 0.29) is 27.2 Å². The van der Waals surface area contributed by atoms with Crippen molar-refractivity contribution < 1.29 is 19.4 Å². The molecule has 0 spiro atoms. The molecule has 0 amide bonds. The van der Waals surface area contributed by atoms with Crippen molar-refractivity contribution in [2.75, 3.05) is 13.2 Å². The standard InChI is InChI=1S/C43H66FNO3/c1-28(2)30-13-22-43(45-26-25-42(48)16-8-17-42)24-23-39(6)32(35(30)43)9-10-34-38(5)18-14-31(37(3,4)33(38)15-19-40(34,39)7)29-11-20-41(27-44,21-12-29)36(46)47/h11,14,30,32-35,45,48H,1,8-10,12-13,15-27H2,2-7H3,(H,46,47). The minimum atomic E-state index is -1.24. The third-order valence-corrected chi connectivity index (χ3v) is 17.7. The van der Waals surface area contributed by atoms with Gasteiger partial charge in [-0.3, -0.25) is 4.79 Å². The first-order valence-corrected chi connectivity index (χ1v) is 19.8. The Hall–Kier alpha value is -1.46. The van der Waals surface area contributed by atoms with Crippen LogP contribution in [-0.2, 0) is 4.79 Å². The van der Waals surface area contributed by atoms with E-state index >= 15 is 0 Å². The maximum atomic E-state index is 13.9. The Labute approximate surface area is 290 Å². The van der Waals surface area contributed by atoms with Gasteiger partial charge in [0, 0.05) is 5.54 Å². The topological polar surface area (TPSA) is 69.6 Å². The molecule has 5 fully saturated rings. The Kier molecular flexibility index (Phi) is 8.39. The maximum absolute atomic E-state index is 13.9. The number of allylic oxidation sites excluding steroid dienone is 5. The summed E-state index contributed by atoms with van der Waals surface area (Å²) >= 11 is 0. The van der Waals surface area contributed by atoms with Gasteiger partial charge in [0.25, 0.3) is 0 Å². The average Bonchev–Trinajstić information content (AvgIpc) is 3.40. The molecule has 7 aliphatic rings. The predicted octanol–water partition coefficient (Wildman–Crippen LogP) is 9.98. The normalized spacial score (nSPS) is 47.3. The molecule has 0 aromatic rings. The summed E-state index contributed by atoms with van der Waals surface area (Å²) in [4.78, 5) is 12.0. The third kappa shape index (κ3) is 4.81. The van der Waals surface area contributed by atoms with E-state index in [1.54, 1.807) is 0 Å². The first-order chi connectivity index (χ1) is 22.5. The molecule has 0 bridgehead atoms. The summed E-state index contributed by atoms with van der Waals surface area (Å²) in [5.74, 6) is 2.16. The molecule has 7 rings (SSSR count). The number of fused-ring (bicyclic) bond motifs is 7. The van der Waals surface area contributed by atoms with Gasteiger partial charge < -0.3 is 15.5 Å². The maximum Gasteiger partial charge on any atom is 0.312 e. The molecular formula is C43H66FNO3. The minimum Gasteiger partial charge on any atom is -0.481 e. The summed E-state index contributed by atoms with van der Waals surface area (Å²) in [6.07, 6.45) is 21.2. The Morgan fingerprint density at radius 3 is 2.27 bits per heavy atom. The molecule has 0 aliphatic heterocycles. The highest BCUT2D eigenvalue weighted by Crippen LogP contribution is 2.76. The molecule has 5 heteroatoms. The summed E-state index contributed by atoms with van der Waals surface area (Å²) in [5, 5.41) is 24.9. The number of nitrogens with one attached hydrogen (secondary N) is 1. The second-order valence-electron chi connectivity index (χ2n) is 19.8. The predicted molar refractivity (Wildman–Crippen MR) is 192 cm³/mol. The minimum absolute atomic E-state index is 0.00347. The second kappa shape index (κ2) is 11.5. The number of carboxylic acid groups (broad SMARTS) is 1. The lowest BCUT2D eigenvalue weighted by Crippen LogP contribution is -2.68. The fraction of sp³-hybridized carbons (Fsp3) is 0.837. The molecule has 268 valence electrons. The van der Waals surface area contributed by atoms with Gasteiger partial charge in [-0.1, -0.05) is 58.9 Å². The van der Waals surface area contributed by atoms with E-state index < -0.39 is 23.7 Å². The third-order valence-electron chi connectivity index (χ3n) is 17.7. The van der Waals surface area contributed by atoms with Gasteiger partial charge in [0.05, 0.1) is 11.0 Å². The average molecular weight is 664 g/mol. The quantitative estimate of drug-likeness (QED) is 0.226. The van der Waals surface area contributed by atoms with Crippen molar-refractivity contribution in [3.8, 4) is 0 Å². The molecule has 7 aliphatic carbocycles. The zero-order valence-electron chi connectivity index (χ0n) is 31.2. The lowest BCUT2D eigenvalue weighted by atomic mass is 9.33. The lowest BCUT2D eigenvalue weighted by molar-refractivity contribution is -0.221. The molecule has 0 aromatic carbocycles. The van der Waals surface area contributed by atoms with Crippen LogP contribution in [0.2, 0.25) is 0 Å². The molecule has 0 radical (unpaired) electrons. The van der Waals surface area contributed by atoms with Crippen LogP contribution < -0.4 is 5.32 Å². The monoisotopic (exact) mass is 664 g/mol. The van der Waals surface area contributed by atoms with E-state index in [9.17, 15) is 19.4 Å². The summed E-state index contributed by atoms with van der Waals surface area (Å²) in [6, 6.07) is 0. The van der Waals surface area contributed by atoms with Gasteiger partial charge in [-0.25, -0.2) is 4.39 Å². The van der Waals surface area contributed by atoms with Gasteiger partial charge in [-0.15, -0.1) is 0 Å². The summed E-state index contributed by atoms with van der Waals surface area (Å²) in [5.41, 5.74) is 3.38. The van der Waals surface area contributed by atoms with E-state index in [0.29, 0.717) is 48.9 Å². The van der Waals surface area contributed by atoms with Crippen molar-refractivity contribution in [1.29, 1.82) is 0 Å². The molecule has 4 nitrogen and oxygen atoms in total. The molecule has 0 heterocycles. The number of aliphatic hydroxyl groups is 1. The molecular weight excluding hydrogens is 597 g/mol. The zero-order chi connectivity index (χ0) is 34.5. The highest BCUT2D eigenvalue weighted by Gasteiger charge is 2.70. The number of hydrogen-bond donors (Lipinski definition) is 3. The molecule has 3 N–H and O–H groups in total. The van der Waals surface area contributed by atoms with Gasteiger partial charge in [0.1, 0.15) is 6.67 Å². The van der Waals surface area contributed by atoms with Crippen molar-refractivity contribution >= 4 is 5.97 Å². The van der Waals surface area contributed by atoms with E-state index in [2.05, 4.69) is 65.6 Å². The number of carbonyl (C=O) groups is 1. The number of alkyl halides is 1. The first-order valence-electron chi connectivity index (χ1n) is 19.8. The van der Waals surface area contributed by atoms with Crippen LogP contribution in [-0.4, -0.2) is 40.5 Å². The highest BCUT2D eigenvalue weighted by atomic mass is 19.1. The highest BCUT2D eigenvalue weighted by molar-refractivity contribution is 5.75. The van der Waals surface area contributed by atoms with Gasteiger partial charge in [0.15, 0.2) is 0 Å². The smallest absolute Gasteiger partial charge is 0.312 e. The number of carboxylic acids is 1. The van der Waals surface area contributed by atoms with Crippen LogP contribution in [0, 0.1) is 56.7 Å². The Balaban J connectivity index is 1.16. The Morgan fingerprint density at radius 2 is 1.67 bits per heavy atom. The number of aliphatic carboxylic acids is 1. The molecule has 10 atom stereocenters. The van der Waals surface area contributed by atoms with Gasteiger partial charge in [0.2, 0.25) is 0 Å². The fourth-order valence-electron chi connectivity index (χ4n) is 14.5. The Bertz CT molecular complexity index is 1390. The Morgan fingerprint density at radius 1 is 0.917 bits per heavy atom. The van der Waals surface area contributed by atoms with Crippen molar-refractivity contribution in [3.63, 3.8) is 0 Å². The lowest BCUT2D eigenvalue weighted by Gasteiger charge is -2.72. The molecule has 5 saturated carbocycles. The van der Waals surface area contributed by atoms with Crippen LogP contribution >= 0.6 is 0 Å². The number of rotatable bonds is 8. The first kappa shape index (κ1) is 35.0. The van der Waals surface area contributed by atoms with E-state index in [1.807, 2.05) is 0 Å². The van der Waals surface area contributed by atoms with Crippen LogP contribution in [0.1, 0.15) is 144 Å². The van der Waals surface area contributed by atoms with Crippen LogP contribution in [0.5, 0.6) is 0 Å². The molecule has 48 heavy (non-hydrogen) atoms. The van der Waals surface area contributed by atoms with Crippen molar-refractivity contribution in [2.45, 2.75) is 155 Å². The molecule has 0 aromatic heterocycles. The van der Waals surface area contributed by atoms with Gasteiger partial charge in [-0.2, -0.15) is 0 Å². The molecule has 0 saturated heterocycles. The van der Waals surface area contributed by atoms with E-state index in [1.165, 1.54) is 74.5 Å². The zero-order valence-corrected chi connectivity index (χ0v) is 31.2. The van der Waals surface area contributed by atoms with Gasteiger partial charge >= 0.3 is 5.97 Å². The summed E-state index contributed by atoms with van der Waals surface area (Å²) in [6.45, 7) is 20.0. The van der Waals surface area contributed by atoms with Crippen LogP contribution in [0.15, 0.2) is 35.5 Å². The van der Waals surface area contributed by atoms with Crippen LogP contribution in [0.3, 0.4) is 0 Å². The fourth-order valence-corrected chi connectivity index (χ4v) is 14.5. The number of hydrogen-bond acceptors (Lipinski definition) is 3. The SMILES string of the molecule is C=C(C)C1CCC2(NCCC3(O)CCC3)CCC3(C)C(CCC4C5(C)CC=C(C6=CCC(CF)(C(=O)O)CC6)C(C)(C)C5CCC43C)C12. The van der Waals surface area contributed by atoms with E-state index in [4.69, 9.17) is 0 Å². The summed E-state index contributed by atoms with van der Waals surface area (Å²) in [7, 11) is 0. The van der Waals surface area contributed by atoms with Crippen molar-refractivity contribution in [1.82, 2.24) is 5.32 Å². The largest absolute Gasteiger partial charge is 0.481 e. The van der Waals surface area contributed by atoms with Crippen molar-refractivity contribution in [3.05, 3.63) is 35.5 Å². The summed E-state index contributed by atoms with van der Waals surface area (Å²) < 4.78 is 13.9. The number of halogens is 1. The van der Waals surface area contributed by atoms with Crippen LogP contribution in [0.25, 0.3) is 0 Å². The van der Waals surface area contributed by atoms with Crippen molar-refractivity contribution in [2.24, 2.45) is 56.7 Å². The van der Waals surface area contributed by atoms with Crippen LogP contribution in [0.4, 0.5) is 4.39 Å². The second-order valence-corrected chi connectivity index (χ2v) is 19.8. The van der Waals surface area contributed by atoms with E-state index in [0.717, 1.165) is 32.2 Å². The van der Waals surface area contributed by atoms with Gasteiger partial charge in [-0.05, 0) is 179 Å².